The summed E-state index contributed by atoms with van der Waals surface area (Å²) in [5.41, 5.74) is 1.23. The van der Waals surface area contributed by atoms with Crippen molar-refractivity contribution in [1.82, 2.24) is 4.90 Å². The monoisotopic (exact) mass is 402 g/mol. The van der Waals surface area contributed by atoms with Gasteiger partial charge in [0.15, 0.2) is 0 Å². The zero-order valence-corrected chi connectivity index (χ0v) is 16.8. The SMILES string of the molecule is CC(C)C[C@H](C(=O)Nc1cccc(O)c1)N1C(=O)c2cccc3cccc(c23)C1=O. The van der Waals surface area contributed by atoms with Crippen LogP contribution in [-0.4, -0.2) is 33.8 Å². The van der Waals surface area contributed by atoms with Crippen molar-refractivity contribution in [2.75, 3.05) is 5.32 Å². The van der Waals surface area contributed by atoms with E-state index < -0.39 is 23.8 Å². The highest BCUT2D eigenvalue weighted by Crippen LogP contribution is 2.32. The fourth-order valence-electron chi connectivity index (χ4n) is 3.92. The molecule has 3 aromatic rings. The molecule has 152 valence electrons. The quantitative estimate of drug-likeness (QED) is 0.627. The molecule has 3 aromatic carbocycles. The zero-order chi connectivity index (χ0) is 21.4. The smallest absolute Gasteiger partial charge is 0.262 e. The number of hydrogen-bond acceptors (Lipinski definition) is 4. The predicted octanol–water partition coefficient (Wildman–Crippen LogP) is 4.19. The van der Waals surface area contributed by atoms with Crippen LogP contribution in [0, 0.1) is 5.92 Å². The van der Waals surface area contributed by atoms with Crippen molar-refractivity contribution in [3.8, 4) is 5.75 Å². The van der Waals surface area contributed by atoms with Gasteiger partial charge < -0.3 is 10.4 Å². The number of carbonyl (C=O) groups is 3. The topological polar surface area (TPSA) is 86.7 Å². The van der Waals surface area contributed by atoms with Gasteiger partial charge in [-0.05, 0) is 42.0 Å². The van der Waals surface area contributed by atoms with Gasteiger partial charge >= 0.3 is 0 Å². The summed E-state index contributed by atoms with van der Waals surface area (Å²) in [5.74, 6) is -1.33. The first kappa shape index (κ1) is 19.6. The van der Waals surface area contributed by atoms with Crippen LogP contribution in [0.2, 0.25) is 0 Å². The van der Waals surface area contributed by atoms with E-state index in [1.54, 1.807) is 36.4 Å². The van der Waals surface area contributed by atoms with Crippen molar-refractivity contribution in [1.29, 1.82) is 0 Å². The van der Waals surface area contributed by atoms with Crippen LogP contribution in [0.15, 0.2) is 60.7 Å². The third-order valence-corrected chi connectivity index (χ3v) is 5.23. The Morgan fingerprint density at radius 2 is 1.57 bits per heavy atom. The summed E-state index contributed by atoms with van der Waals surface area (Å²) in [6.07, 6.45) is 0.320. The van der Waals surface area contributed by atoms with Gasteiger partial charge in [0.05, 0.1) is 0 Å². The lowest BCUT2D eigenvalue weighted by Crippen LogP contribution is -2.52. The molecule has 1 aliphatic heterocycles. The van der Waals surface area contributed by atoms with Crippen molar-refractivity contribution in [3.63, 3.8) is 0 Å². The molecular weight excluding hydrogens is 380 g/mol. The molecule has 2 N–H and O–H groups in total. The molecule has 0 aliphatic carbocycles. The van der Waals surface area contributed by atoms with Crippen LogP contribution in [0.3, 0.4) is 0 Å². The van der Waals surface area contributed by atoms with Crippen molar-refractivity contribution in [2.45, 2.75) is 26.3 Å². The van der Waals surface area contributed by atoms with Gasteiger partial charge in [-0.1, -0.05) is 44.2 Å². The molecule has 0 fully saturated rings. The molecule has 4 rings (SSSR count). The lowest BCUT2D eigenvalue weighted by Gasteiger charge is -2.33. The fraction of sp³-hybridized carbons (Fsp3) is 0.208. The first-order valence-electron chi connectivity index (χ1n) is 9.86. The predicted molar refractivity (Wildman–Crippen MR) is 114 cm³/mol. The molecule has 0 bridgehead atoms. The highest BCUT2D eigenvalue weighted by molar-refractivity contribution is 6.26. The summed E-state index contributed by atoms with van der Waals surface area (Å²) in [6.45, 7) is 3.87. The molecule has 6 heteroatoms. The van der Waals surface area contributed by atoms with E-state index in [-0.39, 0.29) is 11.7 Å². The second-order valence-electron chi connectivity index (χ2n) is 7.87. The number of aromatic hydroxyl groups is 1. The van der Waals surface area contributed by atoms with Crippen LogP contribution in [0.4, 0.5) is 5.69 Å². The van der Waals surface area contributed by atoms with Crippen LogP contribution in [0.25, 0.3) is 10.8 Å². The molecule has 0 saturated heterocycles. The van der Waals surface area contributed by atoms with E-state index in [1.165, 1.54) is 12.1 Å². The van der Waals surface area contributed by atoms with Crippen molar-refractivity contribution in [2.24, 2.45) is 5.92 Å². The van der Waals surface area contributed by atoms with Gasteiger partial charge in [0.2, 0.25) is 5.91 Å². The van der Waals surface area contributed by atoms with Crippen LogP contribution < -0.4 is 5.32 Å². The number of hydrogen-bond donors (Lipinski definition) is 2. The minimum atomic E-state index is -0.976. The Hall–Kier alpha value is -3.67. The van der Waals surface area contributed by atoms with E-state index in [4.69, 9.17) is 0 Å². The standard InChI is InChI=1S/C24H22N2O4/c1-14(2)12-20(22(28)25-16-8-5-9-17(27)13-16)26-23(29)18-10-3-6-15-7-4-11-19(21(15)18)24(26)30/h3-11,13-14,20,27H,12H2,1-2H3,(H,25,28)/t20-/m1/s1. The van der Waals surface area contributed by atoms with Crippen LogP contribution in [0.5, 0.6) is 5.75 Å². The Labute approximate surface area is 174 Å². The number of anilines is 1. The molecule has 1 aliphatic rings. The molecule has 0 radical (unpaired) electrons. The van der Waals surface area contributed by atoms with Gasteiger partial charge in [0.25, 0.3) is 11.8 Å². The zero-order valence-electron chi connectivity index (χ0n) is 16.8. The maximum absolute atomic E-state index is 13.3. The third kappa shape index (κ3) is 3.41. The molecule has 1 heterocycles. The molecule has 1 atom stereocenters. The summed E-state index contributed by atoms with van der Waals surface area (Å²) >= 11 is 0. The summed E-state index contributed by atoms with van der Waals surface area (Å²) < 4.78 is 0. The van der Waals surface area contributed by atoms with Gasteiger partial charge in [-0.2, -0.15) is 0 Å². The molecule has 0 unspecified atom stereocenters. The van der Waals surface area contributed by atoms with Gasteiger partial charge in [0.1, 0.15) is 11.8 Å². The normalized spacial score (nSPS) is 14.3. The van der Waals surface area contributed by atoms with E-state index >= 15 is 0 Å². The molecule has 0 aromatic heterocycles. The Balaban J connectivity index is 1.75. The summed E-state index contributed by atoms with van der Waals surface area (Å²) in [6, 6.07) is 15.8. The maximum atomic E-state index is 13.3. The lowest BCUT2D eigenvalue weighted by atomic mass is 9.91. The van der Waals surface area contributed by atoms with Crippen LogP contribution in [0.1, 0.15) is 41.0 Å². The number of carbonyl (C=O) groups excluding carboxylic acids is 3. The van der Waals surface area contributed by atoms with Gasteiger partial charge in [0, 0.05) is 28.3 Å². The summed E-state index contributed by atoms with van der Waals surface area (Å²) in [5, 5.41) is 13.8. The number of imide groups is 1. The summed E-state index contributed by atoms with van der Waals surface area (Å²) in [7, 11) is 0. The minimum absolute atomic E-state index is 0.0129. The van der Waals surface area contributed by atoms with Crippen LogP contribution in [-0.2, 0) is 4.79 Å². The largest absolute Gasteiger partial charge is 0.508 e. The maximum Gasteiger partial charge on any atom is 0.262 e. The van der Waals surface area contributed by atoms with Crippen molar-refractivity contribution < 1.29 is 19.5 Å². The van der Waals surface area contributed by atoms with E-state index in [9.17, 15) is 19.5 Å². The Morgan fingerprint density at radius 3 is 2.13 bits per heavy atom. The second-order valence-corrected chi connectivity index (χ2v) is 7.87. The number of rotatable bonds is 5. The lowest BCUT2D eigenvalue weighted by molar-refractivity contribution is -0.120. The number of phenols is 1. The van der Waals surface area contributed by atoms with Crippen molar-refractivity contribution in [3.05, 3.63) is 71.8 Å². The van der Waals surface area contributed by atoms with Crippen molar-refractivity contribution >= 4 is 34.2 Å². The second kappa shape index (κ2) is 7.63. The highest BCUT2D eigenvalue weighted by atomic mass is 16.3. The fourth-order valence-corrected chi connectivity index (χ4v) is 3.92. The Kier molecular flexibility index (Phi) is 4.99. The first-order chi connectivity index (χ1) is 14.4. The average molecular weight is 402 g/mol. The van der Waals surface area contributed by atoms with Gasteiger partial charge in [-0.25, -0.2) is 0 Å². The van der Waals surface area contributed by atoms with E-state index in [1.807, 2.05) is 26.0 Å². The number of nitrogens with one attached hydrogen (secondary N) is 1. The van der Waals surface area contributed by atoms with Gasteiger partial charge in [-0.3, -0.25) is 19.3 Å². The highest BCUT2D eigenvalue weighted by Gasteiger charge is 2.40. The van der Waals surface area contributed by atoms with Gasteiger partial charge in [-0.15, -0.1) is 0 Å². The van der Waals surface area contributed by atoms with E-state index in [0.29, 0.717) is 28.6 Å². The number of nitrogens with zero attached hydrogens (tertiary/aromatic N) is 1. The molecular formula is C24H22N2O4. The number of benzene rings is 3. The summed E-state index contributed by atoms with van der Waals surface area (Å²) in [4.78, 5) is 40.9. The van der Waals surface area contributed by atoms with Crippen LogP contribution >= 0.6 is 0 Å². The molecule has 30 heavy (non-hydrogen) atoms. The van der Waals surface area contributed by atoms with E-state index in [2.05, 4.69) is 5.32 Å². The first-order valence-corrected chi connectivity index (χ1v) is 9.86. The third-order valence-electron chi connectivity index (χ3n) is 5.23. The minimum Gasteiger partial charge on any atom is -0.508 e. The molecule has 0 spiro atoms. The number of amides is 3. The Bertz CT molecular complexity index is 1120. The average Bonchev–Trinajstić information content (AvgIpc) is 2.71. The molecule has 3 amide bonds. The molecule has 0 saturated carbocycles. The Morgan fingerprint density at radius 1 is 0.967 bits per heavy atom. The van der Waals surface area contributed by atoms with E-state index in [0.717, 1.165) is 10.3 Å². The molecule has 6 nitrogen and oxygen atoms in total. The number of phenolic OH excluding ortho intramolecular Hbond substituents is 1.